The molecule has 2 heterocycles. The summed E-state index contributed by atoms with van der Waals surface area (Å²) in [5.74, 6) is 2.28. The first-order chi connectivity index (χ1) is 23.0. The Bertz CT molecular complexity index is 1880. The van der Waals surface area contributed by atoms with Gasteiger partial charge in [0.15, 0.2) is 5.84 Å². The minimum atomic E-state index is -0.0725. The molecule has 0 unspecified atom stereocenters. The standard InChI is InChI=1S/C19H18ClN3OS.C17H13ClN2OS/c1-2-24-22-19(23-12-11-21-14-23)17-5-3-4-6-18(17)25-13-15-7-9-16(20)10-8-15;18-14-7-5-13(6-8-14)11-22-16-4-2-1-3-15(16)17(21)20-10-9-19-12-20/h3-12,14H,2,13H2,1H3;1-10,12H,11H2. The minimum Gasteiger partial charge on any atom is -0.394 e. The summed E-state index contributed by atoms with van der Waals surface area (Å²) in [5.41, 5.74) is 4.07. The maximum absolute atomic E-state index is 12.5. The molecule has 6 aromatic rings. The fraction of sp³-hybridized carbons (Fsp3) is 0.111. The first-order valence-electron chi connectivity index (χ1n) is 14.7. The van der Waals surface area contributed by atoms with E-state index in [-0.39, 0.29) is 5.91 Å². The lowest BCUT2D eigenvalue weighted by Crippen LogP contribution is -2.13. The first-order valence-corrected chi connectivity index (χ1v) is 17.4. The van der Waals surface area contributed by atoms with Crippen molar-refractivity contribution in [2.45, 2.75) is 28.2 Å². The van der Waals surface area contributed by atoms with E-state index in [9.17, 15) is 4.79 Å². The number of hydrogen-bond donors (Lipinski definition) is 0. The van der Waals surface area contributed by atoms with Crippen molar-refractivity contribution in [1.29, 1.82) is 0 Å². The van der Waals surface area contributed by atoms with E-state index in [0.717, 1.165) is 42.7 Å². The third kappa shape index (κ3) is 9.86. The zero-order chi connectivity index (χ0) is 32.8. The van der Waals surface area contributed by atoms with Crippen LogP contribution in [0.5, 0.6) is 0 Å². The molecule has 0 aliphatic rings. The Hall–Kier alpha value is -4.28. The largest absolute Gasteiger partial charge is 0.394 e. The van der Waals surface area contributed by atoms with Crippen LogP contribution in [0.1, 0.15) is 34.0 Å². The number of rotatable bonds is 10. The lowest BCUT2D eigenvalue weighted by Gasteiger charge is -2.12. The van der Waals surface area contributed by atoms with Gasteiger partial charge in [-0.05, 0) is 66.6 Å². The second kappa shape index (κ2) is 17.6. The van der Waals surface area contributed by atoms with Crippen LogP contribution in [0.4, 0.5) is 0 Å². The second-order valence-electron chi connectivity index (χ2n) is 9.90. The monoisotopic (exact) mass is 699 g/mol. The molecular weight excluding hydrogens is 669 g/mol. The van der Waals surface area contributed by atoms with Gasteiger partial charge in [0.1, 0.15) is 19.3 Å². The maximum Gasteiger partial charge on any atom is 0.264 e. The molecular formula is C36H31Cl2N5O2S2. The normalized spacial score (nSPS) is 11.1. The van der Waals surface area contributed by atoms with E-state index in [1.807, 2.05) is 109 Å². The number of imidazole rings is 2. The molecule has 47 heavy (non-hydrogen) atoms. The lowest BCUT2D eigenvalue weighted by atomic mass is 10.2. The Morgan fingerprint density at radius 3 is 1.70 bits per heavy atom. The van der Waals surface area contributed by atoms with E-state index in [1.165, 1.54) is 22.0 Å². The lowest BCUT2D eigenvalue weighted by molar-refractivity contribution is 0.0957. The van der Waals surface area contributed by atoms with E-state index in [1.54, 1.807) is 48.4 Å². The van der Waals surface area contributed by atoms with Gasteiger partial charge in [0.25, 0.3) is 5.91 Å². The van der Waals surface area contributed by atoms with Crippen molar-refractivity contribution < 1.29 is 9.63 Å². The summed E-state index contributed by atoms with van der Waals surface area (Å²) in [4.78, 5) is 27.9. The molecule has 0 fully saturated rings. The quantitative estimate of drug-likeness (QED) is 0.0614. The predicted octanol–water partition coefficient (Wildman–Crippen LogP) is 9.59. The third-order valence-electron chi connectivity index (χ3n) is 6.63. The van der Waals surface area contributed by atoms with Gasteiger partial charge >= 0.3 is 0 Å². The van der Waals surface area contributed by atoms with Gasteiger partial charge in [0.2, 0.25) is 0 Å². The average Bonchev–Trinajstić information content (AvgIpc) is 3.85. The van der Waals surface area contributed by atoms with E-state index < -0.39 is 0 Å². The molecule has 0 aliphatic carbocycles. The van der Waals surface area contributed by atoms with Crippen LogP contribution in [0, 0.1) is 0 Å². The van der Waals surface area contributed by atoms with Gasteiger partial charge in [-0.15, -0.1) is 23.5 Å². The highest BCUT2D eigenvalue weighted by Gasteiger charge is 2.14. The maximum atomic E-state index is 12.5. The minimum absolute atomic E-state index is 0.0725. The third-order valence-corrected chi connectivity index (χ3v) is 9.42. The number of aromatic nitrogens is 4. The van der Waals surface area contributed by atoms with Crippen molar-refractivity contribution >= 4 is 58.5 Å². The number of thioether (sulfide) groups is 2. The number of oxime groups is 1. The van der Waals surface area contributed by atoms with Crippen LogP contribution in [-0.4, -0.2) is 37.5 Å². The van der Waals surface area contributed by atoms with Gasteiger partial charge in [-0.2, -0.15) is 0 Å². The molecule has 0 spiro atoms. The highest BCUT2D eigenvalue weighted by Crippen LogP contribution is 2.29. The van der Waals surface area contributed by atoms with Gasteiger partial charge in [-0.25, -0.2) is 9.97 Å². The fourth-order valence-corrected chi connectivity index (χ4v) is 6.55. The molecule has 0 aliphatic heterocycles. The summed E-state index contributed by atoms with van der Waals surface area (Å²) in [6, 6.07) is 31.4. The zero-order valence-corrected chi connectivity index (χ0v) is 28.6. The summed E-state index contributed by atoms with van der Waals surface area (Å²) in [5, 5.41) is 5.77. The van der Waals surface area contributed by atoms with Crippen molar-refractivity contribution in [3.8, 4) is 0 Å². The van der Waals surface area contributed by atoms with Crippen molar-refractivity contribution in [3.05, 3.63) is 167 Å². The highest BCUT2D eigenvalue weighted by atomic mass is 35.5. The highest BCUT2D eigenvalue weighted by molar-refractivity contribution is 7.98. The molecule has 0 atom stereocenters. The SMILES string of the molecule is CCON=C(c1ccccc1SCc1ccc(Cl)cc1)n1ccnc1.O=C(c1ccccc1SCc1ccc(Cl)cc1)n1ccnc1. The van der Waals surface area contributed by atoms with Crippen molar-refractivity contribution in [2.75, 3.05) is 6.61 Å². The average molecular weight is 701 g/mol. The number of carbonyl (C=O) groups excluding carboxylic acids is 1. The molecule has 0 saturated carbocycles. The topological polar surface area (TPSA) is 74.3 Å². The number of hydrogen-bond acceptors (Lipinski definition) is 7. The van der Waals surface area contributed by atoms with E-state index in [2.05, 4.69) is 21.2 Å². The van der Waals surface area contributed by atoms with Crippen LogP contribution in [0.3, 0.4) is 0 Å². The van der Waals surface area contributed by atoms with Gasteiger partial charge < -0.3 is 4.84 Å². The Morgan fingerprint density at radius 2 is 1.19 bits per heavy atom. The summed E-state index contributed by atoms with van der Waals surface area (Å²) in [7, 11) is 0. The smallest absolute Gasteiger partial charge is 0.264 e. The summed E-state index contributed by atoms with van der Waals surface area (Å²) in [6.07, 6.45) is 10.1. The molecule has 0 radical (unpaired) electrons. The van der Waals surface area contributed by atoms with Crippen molar-refractivity contribution in [3.63, 3.8) is 0 Å². The van der Waals surface area contributed by atoms with E-state index >= 15 is 0 Å². The molecule has 0 N–H and O–H groups in total. The molecule has 7 nitrogen and oxygen atoms in total. The van der Waals surface area contributed by atoms with Crippen LogP contribution in [0.15, 0.2) is 149 Å². The molecule has 4 aromatic carbocycles. The second-order valence-corrected chi connectivity index (χ2v) is 12.8. The number of halogens is 2. The van der Waals surface area contributed by atoms with Gasteiger partial charge in [0, 0.05) is 61.7 Å². The number of carbonyl (C=O) groups is 1. The molecule has 0 bridgehead atoms. The summed E-state index contributed by atoms with van der Waals surface area (Å²) in [6.45, 7) is 2.43. The van der Waals surface area contributed by atoms with Crippen LogP contribution in [0.2, 0.25) is 10.0 Å². The molecule has 11 heteroatoms. The Labute approximate surface area is 292 Å². The molecule has 6 rings (SSSR count). The van der Waals surface area contributed by atoms with Crippen LogP contribution < -0.4 is 0 Å². The number of benzene rings is 4. The van der Waals surface area contributed by atoms with Crippen molar-refractivity contribution in [2.24, 2.45) is 5.16 Å². The Morgan fingerprint density at radius 1 is 0.702 bits per heavy atom. The molecule has 0 amide bonds. The summed E-state index contributed by atoms with van der Waals surface area (Å²) < 4.78 is 3.35. The molecule has 0 saturated heterocycles. The van der Waals surface area contributed by atoms with E-state index in [0.29, 0.717) is 12.2 Å². The van der Waals surface area contributed by atoms with Crippen LogP contribution in [0.25, 0.3) is 0 Å². The predicted molar refractivity (Wildman–Crippen MR) is 193 cm³/mol. The van der Waals surface area contributed by atoms with E-state index in [4.69, 9.17) is 28.0 Å². The fourth-order valence-electron chi connectivity index (χ4n) is 4.29. The van der Waals surface area contributed by atoms with Gasteiger partial charge in [0.05, 0.1) is 5.56 Å². The van der Waals surface area contributed by atoms with Crippen LogP contribution in [-0.2, 0) is 16.3 Å². The van der Waals surface area contributed by atoms with Gasteiger partial charge in [-0.1, -0.05) is 76.9 Å². The summed E-state index contributed by atoms with van der Waals surface area (Å²) >= 11 is 15.2. The Balaban J connectivity index is 0.000000186. The van der Waals surface area contributed by atoms with Crippen LogP contribution >= 0.6 is 46.7 Å². The molecule has 238 valence electrons. The zero-order valence-electron chi connectivity index (χ0n) is 25.4. The Kier molecular flexibility index (Phi) is 12.7. The van der Waals surface area contributed by atoms with Crippen molar-refractivity contribution in [1.82, 2.24) is 19.1 Å². The number of nitrogens with zero attached hydrogens (tertiary/aromatic N) is 5. The first kappa shape index (κ1) is 34.1. The molecule has 2 aromatic heterocycles. The van der Waals surface area contributed by atoms with Gasteiger partial charge in [-0.3, -0.25) is 13.9 Å².